The Morgan fingerprint density at radius 2 is 2.05 bits per heavy atom. The Morgan fingerprint density at radius 3 is 2.63 bits per heavy atom. The number of hydrogen-bond acceptors (Lipinski definition) is 3. The van der Waals surface area contributed by atoms with Crippen LogP contribution in [0.25, 0.3) is 0 Å². The highest BCUT2D eigenvalue weighted by molar-refractivity contribution is 9.10. The van der Waals surface area contributed by atoms with Crippen molar-refractivity contribution in [3.05, 3.63) is 34.3 Å². The van der Waals surface area contributed by atoms with E-state index in [-0.39, 0.29) is 0 Å². The van der Waals surface area contributed by atoms with Gasteiger partial charge in [0.25, 0.3) is 0 Å². The number of aliphatic hydroxyl groups excluding tert-OH is 1. The molecule has 0 saturated carbocycles. The van der Waals surface area contributed by atoms with E-state index in [0.717, 1.165) is 16.5 Å². The Balaban J connectivity index is 2.40. The van der Waals surface area contributed by atoms with Crippen LogP contribution >= 0.6 is 15.9 Å². The Labute approximate surface area is 124 Å². The topological polar surface area (TPSA) is 52.5 Å². The van der Waals surface area contributed by atoms with Crippen molar-refractivity contribution in [3.63, 3.8) is 0 Å². The first kappa shape index (κ1) is 16.6. The molecule has 3 N–H and O–H groups in total. The van der Waals surface area contributed by atoms with Gasteiger partial charge < -0.3 is 15.5 Å². The Hall–Kier alpha value is -0.420. The van der Waals surface area contributed by atoms with E-state index in [1.807, 2.05) is 31.2 Å². The highest BCUT2D eigenvalue weighted by Crippen LogP contribution is 2.18. The third kappa shape index (κ3) is 6.52. The highest BCUT2D eigenvalue weighted by atomic mass is 79.9. The van der Waals surface area contributed by atoms with Gasteiger partial charge in [0.05, 0.1) is 11.7 Å². The summed E-state index contributed by atoms with van der Waals surface area (Å²) in [6.45, 7) is 6.92. The van der Waals surface area contributed by atoms with E-state index < -0.39 is 11.7 Å². The van der Waals surface area contributed by atoms with Crippen molar-refractivity contribution in [2.75, 3.05) is 13.1 Å². The molecule has 2 unspecified atom stereocenters. The van der Waals surface area contributed by atoms with Crippen LogP contribution in [0.3, 0.4) is 0 Å². The second-order valence-corrected chi connectivity index (χ2v) is 6.71. The number of benzene rings is 1. The highest BCUT2D eigenvalue weighted by Gasteiger charge is 2.21. The van der Waals surface area contributed by atoms with Crippen molar-refractivity contribution in [2.45, 2.75) is 38.9 Å². The van der Waals surface area contributed by atoms with E-state index in [2.05, 4.69) is 35.1 Å². The van der Waals surface area contributed by atoms with E-state index >= 15 is 0 Å². The van der Waals surface area contributed by atoms with Gasteiger partial charge >= 0.3 is 0 Å². The summed E-state index contributed by atoms with van der Waals surface area (Å²) in [6, 6.07) is 7.62. The summed E-state index contributed by atoms with van der Waals surface area (Å²) < 4.78 is 0.954. The molecule has 3 nitrogen and oxygen atoms in total. The summed E-state index contributed by atoms with van der Waals surface area (Å²) in [6.07, 6.45) is 0.180. The molecule has 0 aromatic heterocycles. The minimum absolute atomic E-state index is 0.435. The second kappa shape index (κ2) is 7.39. The number of hydrogen-bond donors (Lipinski definition) is 3. The molecule has 0 fully saturated rings. The van der Waals surface area contributed by atoms with Crippen molar-refractivity contribution in [2.24, 2.45) is 5.92 Å². The van der Waals surface area contributed by atoms with Gasteiger partial charge in [-0.2, -0.15) is 0 Å². The van der Waals surface area contributed by atoms with Gasteiger partial charge in [-0.3, -0.25) is 0 Å². The molecule has 0 aliphatic heterocycles. The van der Waals surface area contributed by atoms with Crippen molar-refractivity contribution < 1.29 is 10.2 Å². The second-order valence-electron chi connectivity index (χ2n) is 5.80. The van der Waals surface area contributed by atoms with Crippen LogP contribution in [-0.4, -0.2) is 28.9 Å². The van der Waals surface area contributed by atoms with E-state index in [1.54, 1.807) is 0 Å². The van der Waals surface area contributed by atoms with E-state index in [9.17, 15) is 10.2 Å². The zero-order chi connectivity index (χ0) is 14.5. The molecule has 0 spiro atoms. The lowest BCUT2D eigenvalue weighted by atomic mass is 9.94. The third-order valence-corrected chi connectivity index (χ3v) is 3.42. The molecule has 0 amide bonds. The zero-order valence-corrected chi connectivity index (χ0v) is 13.4. The SMILES string of the molecule is CC(C)CC(C)(O)CNCC(O)c1cccc(Br)c1. The van der Waals surface area contributed by atoms with Crippen LogP contribution < -0.4 is 5.32 Å². The number of aliphatic hydroxyl groups is 2. The molecule has 1 aromatic rings. The average Bonchev–Trinajstić information content (AvgIpc) is 2.26. The lowest BCUT2D eigenvalue weighted by Gasteiger charge is -2.26. The Kier molecular flexibility index (Phi) is 6.47. The molecule has 4 heteroatoms. The first-order chi connectivity index (χ1) is 8.80. The fraction of sp³-hybridized carbons (Fsp3) is 0.600. The van der Waals surface area contributed by atoms with Crippen molar-refractivity contribution in [1.82, 2.24) is 5.32 Å². The number of rotatable bonds is 7. The molecule has 0 aliphatic carbocycles. The monoisotopic (exact) mass is 329 g/mol. The largest absolute Gasteiger partial charge is 0.389 e. The third-order valence-electron chi connectivity index (χ3n) is 2.92. The van der Waals surface area contributed by atoms with Crippen molar-refractivity contribution >= 4 is 15.9 Å². The zero-order valence-electron chi connectivity index (χ0n) is 11.9. The molecule has 0 radical (unpaired) electrons. The maximum atomic E-state index is 10.2. The standard InChI is InChI=1S/C15H24BrNO2/c1-11(2)8-15(3,19)10-17-9-14(18)12-5-4-6-13(16)7-12/h4-7,11,14,17-19H,8-10H2,1-3H3. The van der Waals surface area contributed by atoms with Gasteiger partial charge in [0.1, 0.15) is 0 Å². The fourth-order valence-electron chi connectivity index (χ4n) is 2.26. The van der Waals surface area contributed by atoms with Crippen LogP contribution in [-0.2, 0) is 0 Å². The van der Waals surface area contributed by atoms with E-state index in [0.29, 0.717) is 19.0 Å². The molecule has 0 heterocycles. The smallest absolute Gasteiger partial charge is 0.0914 e. The van der Waals surface area contributed by atoms with E-state index in [4.69, 9.17) is 0 Å². The van der Waals surface area contributed by atoms with E-state index in [1.165, 1.54) is 0 Å². The predicted octanol–water partition coefficient (Wildman–Crippen LogP) is 2.87. The fourth-order valence-corrected chi connectivity index (χ4v) is 2.68. The minimum Gasteiger partial charge on any atom is -0.389 e. The summed E-state index contributed by atoms with van der Waals surface area (Å²) in [4.78, 5) is 0. The van der Waals surface area contributed by atoms with Gasteiger partial charge in [0.15, 0.2) is 0 Å². The van der Waals surface area contributed by atoms with Crippen LogP contribution in [0.4, 0.5) is 0 Å². The van der Waals surface area contributed by atoms with Gasteiger partial charge in [-0.1, -0.05) is 41.9 Å². The van der Waals surface area contributed by atoms with Gasteiger partial charge in [-0.15, -0.1) is 0 Å². The van der Waals surface area contributed by atoms with Crippen molar-refractivity contribution in [1.29, 1.82) is 0 Å². The molecule has 19 heavy (non-hydrogen) atoms. The molecule has 108 valence electrons. The summed E-state index contributed by atoms with van der Waals surface area (Å²) in [5, 5.41) is 23.4. The van der Waals surface area contributed by atoms with Crippen LogP contribution in [0.5, 0.6) is 0 Å². The van der Waals surface area contributed by atoms with Gasteiger partial charge in [-0.25, -0.2) is 0 Å². The summed E-state index contributed by atoms with van der Waals surface area (Å²) in [5.41, 5.74) is 0.135. The minimum atomic E-state index is -0.731. The maximum absolute atomic E-state index is 10.2. The summed E-state index contributed by atoms with van der Waals surface area (Å²) >= 11 is 3.39. The van der Waals surface area contributed by atoms with Gasteiger partial charge in [0.2, 0.25) is 0 Å². The maximum Gasteiger partial charge on any atom is 0.0914 e. The van der Waals surface area contributed by atoms with Crippen LogP contribution in [0, 0.1) is 5.92 Å². The average molecular weight is 330 g/mol. The normalized spacial score (nSPS) is 16.4. The molecular weight excluding hydrogens is 306 g/mol. The van der Waals surface area contributed by atoms with Crippen LogP contribution in [0.15, 0.2) is 28.7 Å². The number of nitrogens with one attached hydrogen (secondary N) is 1. The quantitative estimate of drug-likeness (QED) is 0.721. The van der Waals surface area contributed by atoms with Gasteiger partial charge in [-0.05, 0) is 37.0 Å². The molecule has 1 rings (SSSR count). The van der Waals surface area contributed by atoms with Crippen molar-refractivity contribution in [3.8, 4) is 0 Å². The lowest BCUT2D eigenvalue weighted by molar-refractivity contribution is 0.0352. The molecule has 2 atom stereocenters. The van der Waals surface area contributed by atoms with Crippen LogP contribution in [0.1, 0.15) is 38.9 Å². The Morgan fingerprint density at radius 1 is 1.37 bits per heavy atom. The lowest BCUT2D eigenvalue weighted by Crippen LogP contribution is -2.40. The molecule has 1 aromatic carbocycles. The Bertz CT molecular complexity index is 393. The molecule has 0 saturated heterocycles. The molecule has 0 bridgehead atoms. The van der Waals surface area contributed by atoms with Crippen LogP contribution in [0.2, 0.25) is 0 Å². The predicted molar refractivity (Wildman–Crippen MR) is 82.1 cm³/mol. The summed E-state index contributed by atoms with van der Waals surface area (Å²) in [5.74, 6) is 0.451. The first-order valence-corrected chi connectivity index (χ1v) is 7.46. The molecular formula is C15H24BrNO2. The molecule has 0 aliphatic rings. The number of halogens is 1. The summed E-state index contributed by atoms with van der Waals surface area (Å²) in [7, 11) is 0. The first-order valence-electron chi connectivity index (χ1n) is 6.67. The van der Waals surface area contributed by atoms with Gasteiger partial charge in [0, 0.05) is 17.6 Å².